The molecule has 0 saturated heterocycles. The van der Waals surface area contributed by atoms with E-state index in [1.165, 1.54) is 0 Å². The van der Waals surface area contributed by atoms with Crippen LogP contribution in [-0.2, 0) is 23.8 Å². The first kappa shape index (κ1) is 26.0. The van der Waals surface area contributed by atoms with Gasteiger partial charge in [-0.15, -0.1) is 0 Å². The average molecular weight is 357 g/mol. The molecular formula is C15H28LiNO8. The number of alkyl carbamates (subject to hydrolysis) is 1. The normalized spacial score (nSPS) is 11.4. The fraction of sp³-hybridized carbons (Fsp3) is 0.800. The molecule has 0 saturated carbocycles. The molecule has 0 aliphatic rings. The smallest absolute Gasteiger partial charge is 1.00 e. The molecule has 0 aromatic heterocycles. The zero-order valence-corrected chi connectivity index (χ0v) is 15.6. The summed E-state index contributed by atoms with van der Waals surface area (Å²) >= 11 is 0. The van der Waals surface area contributed by atoms with Gasteiger partial charge in [-0.1, -0.05) is 0 Å². The fourth-order valence-electron chi connectivity index (χ4n) is 1.76. The summed E-state index contributed by atoms with van der Waals surface area (Å²) in [6.07, 6.45) is -0.873. The van der Waals surface area contributed by atoms with Crippen molar-refractivity contribution in [2.24, 2.45) is 0 Å². The maximum atomic E-state index is 11.5. The summed E-state index contributed by atoms with van der Waals surface area (Å²) in [7, 11) is 0. The van der Waals surface area contributed by atoms with E-state index < -0.39 is 29.2 Å². The van der Waals surface area contributed by atoms with Crippen molar-refractivity contribution in [3.05, 3.63) is 0 Å². The van der Waals surface area contributed by atoms with Crippen LogP contribution in [0, 0.1) is 0 Å². The SMILES string of the molecule is CCOCCOC(CCCNC(=O)OC(C)(C)C)(C(=O)O)C(=O)O.[H-].[Li+]. The molecule has 0 heterocycles. The Kier molecular flexibility index (Phi) is 12.6. The van der Waals surface area contributed by atoms with Crippen LogP contribution in [0.1, 0.15) is 42.0 Å². The van der Waals surface area contributed by atoms with Gasteiger partial charge in [0, 0.05) is 19.6 Å². The van der Waals surface area contributed by atoms with E-state index in [-0.39, 0.29) is 52.9 Å². The van der Waals surface area contributed by atoms with Gasteiger partial charge in [-0.2, -0.15) is 0 Å². The predicted octanol–water partition coefficient (Wildman–Crippen LogP) is -1.63. The largest absolute Gasteiger partial charge is 1.00 e. The Bertz CT molecular complexity index is 428. The number of ether oxygens (including phenoxy) is 3. The topological polar surface area (TPSA) is 131 Å². The van der Waals surface area contributed by atoms with Gasteiger partial charge in [-0.3, -0.25) is 0 Å². The van der Waals surface area contributed by atoms with E-state index in [4.69, 9.17) is 14.2 Å². The molecule has 0 aromatic carbocycles. The molecule has 0 atom stereocenters. The second-order valence-corrected chi connectivity index (χ2v) is 6.01. The molecule has 1 amide bonds. The van der Waals surface area contributed by atoms with Crippen molar-refractivity contribution in [3.8, 4) is 0 Å². The number of carbonyl (C=O) groups is 3. The van der Waals surface area contributed by atoms with Crippen LogP contribution in [0.2, 0.25) is 0 Å². The second kappa shape index (κ2) is 12.1. The Morgan fingerprint density at radius 1 is 1.08 bits per heavy atom. The van der Waals surface area contributed by atoms with Gasteiger partial charge in [0.15, 0.2) is 0 Å². The first-order valence-electron chi connectivity index (χ1n) is 7.70. The number of carbonyl (C=O) groups excluding carboxylic acids is 1. The van der Waals surface area contributed by atoms with Crippen LogP contribution in [-0.4, -0.2) is 65.8 Å². The van der Waals surface area contributed by atoms with Crippen molar-refractivity contribution in [3.63, 3.8) is 0 Å². The Hall–Kier alpha value is -1.27. The van der Waals surface area contributed by atoms with Crippen molar-refractivity contribution in [1.29, 1.82) is 0 Å². The zero-order chi connectivity index (χ0) is 18.8. The molecule has 0 bridgehead atoms. The van der Waals surface area contributed by atoms with E-state index in [0.29, 0.717) is 6.61 Å². The molecule has 142 valence electrons. The minimum absolute atomic E-state index is 0. The van der Waals surface area contributed by atoms with Gasteiger partial charge in [-0.25, -0.2) is 14.4 Å². The zero-order valence-electron chi connectivity index (χ0n) is 16.6. The van der Waals surface area contributed by atoms with Crippen LogP contribution in [0.3, 0.4) is 0 Å². The Morgan fingerprint density at radius 3 is 2.08 bits per heavy atom. The number of hydrogen-bond acceptors (Lipinski definition) is 6. The van der Waals surface area contributed by atoms with Gasteiger partial charge < -0.3 is 31.2 Å². The number of nitrogens with one attached hydrogen (secondary N) is 1. The third-order valence-electron chi connectivity index (χ3n) is 2.85. The molecule has 0 radical (unpaired) electrons. The Labute approximate surface area is 161 Å². The third-order valence-corrected chi connectivity index (χ3v) is 2.85. The summed E-state index contributed by atoms with van der Waals surface area (Å²) < 4.78 is 15.1. The van der Waals surface area contributed by atoms with E-state index in [9.17, 15) is 24.6 Å². The molecule has 25 heavy (non-hydrogen) atoms. The first-order valence-corrected chi connectivity index (χ1v) is 7.70. The minimum atomic E-state index is -2.37. The van der Waals surface area contributed by atoms with Crippen LogP contribution in [0.4, 0.5) is 4.79 Å². The maximum Gasteiger partial charge on any atom is 1.00 e. The molecule has 0 rings (SSSR count). The van der Waals surface area contributed by atoms with E-state index in [1.54, 1.807) is 27.7 Å². The second-order valence-electron chi connectivity index (χ2n) is 6.01. The molecule has 10 heteroatoms. The molecule has 3 N–H and O–H groups in total. The summed E-state index contributed by atoms with van der Waals surface area (Å²) in [4.78, 5) is 34.2. The number of hydrogen-bond donors (Lipinski definition) is 3. The van der Waals surface area contributed by atoms with Crippen LogP contribution >= 0.6 is 0 Å². The Morgan fingerprint density at radius 2 is 1.64 bits per heavy atom. The molecule has 0 fully saturated rings. The van der Waals surface area contributed by atoms with E-state index in [1.807, 2.05) is 0 Å². The van der Waals surface area contributed by atoms with E-state index in [0.717, 1.165) is 0 Å². The van der Waals surface area contributed by atoms with Crippen LogP contribution < -0.4 is 24.2 Å². The Balaban J connectivity index is -0.00000264. The average Bonchev–Trinajstić information content (AvgIpc) is 2.43. The third kappa shape index (κ3) is 10.3. The monoisotopic (exact) mass is 357 g/mol. The standard InChI is InChI=1S/C15H27NO8.Li.H/c1-5-22-9-10-23-15(11(17)18,12(19)20)7-6-8-16-13(21)24-14(2,3)4;;/h5-10H2,1-4H3,(H,16,21)(H,17,18)(H,19,20);;/q;+1;-1. The van der Waals surface area contributed by atoms with Gasteiger partial charge >= 0.3 is 36.9 Å². The predicted molar refractivity (Wildman–Crippen MR) is 85.0 cm³/mol. The summed E-state index contributed by atoms with van der Waals surface area (Å²) in [6.45, 7) is 7.28. The summed E-state index contributed by atoms with van der Waals surface area (Å²) in [5.74, 6) is -3.19. The molecule has 0 unspecified atom stereocenters. The van der Waals surface area contributed by atoms with Crippen molar-refractivity contribution >= 4 is 18.0 Å². The molecule has 0 aliphatic heterocycles. The number of carboxylic acid groups (broad SMARTS) is 2. The van der Waals surface area contributed by atoms with Crippen LogP contribution in [0.15, 0.2) is 0 Å². The van der Waals surface area contributed by atoms with Gasteiger partial charge in [-0.05, 0) is 34.1 Å². The summed E-state index contributed by atoms with van der Waals surface area (Å²) in [5, 5.41) is 20.9. The molecule has 9 nitrogen and oxygen atoms in total. The van der Waals surface area contributed by atoms with Crippen LogP contribution in [0.25, 0.3) is 0 Å². The van der Waals surface area contributed by atoms with Crippen molar-refractivity contribution in [1.82, 2.24) is 5.32 Å². The number of carboxylic acids is 2. The van der Waals surface area contributed by atoms with Crippen molar-refractivity contribution in [2.75, 3.05) is 26.4 Å². The van der Waals surface area contributed by atoms with Crippen molar-refractivity contribution in [2.45, 2.75) is 51.7 Å². The molecular weight excluding hydrogens is 329 g/mol. The van der Waals surface area contributed by atoms with Gasteiger partial charge in [0.05, 0.1) is 13.2 Å². The number of rotatable bonds is 11. The summed E-state index contributed by atoms with van der Waals surface area (Å²) in [5.41, 5.74) is -3.02. The first-order chi connectivity index (χ1) is 11.0. The van der Waals surface area contributed by atoms with Gasteiger partial charge in [0.2, 0.25) is 0 Å². The van der Waals surface area contributed by atoms with Crippen molar-refractivity contribution < 1.29 is 59.1 Å². The van der Waals surface area contributed by atoms with E-state index >= 15 is 0 Å². The fourth-order valence-corrected chi connectivity index (χ4v) is 1.76. The molecule has 0 aromatic rings. The van der Waals surface area contributed by atoms with Gasteiger partial charge in [0.1, 0.15) is 5.60 Å². The maximum absolute atomic E-state index is 11.5. The number of amides is 1. The summed E-state index contributed by atoms with van der Waals surface area (Å²) in [6, 6.07) is 0. The van der Waals surface area contributed by atoms with E-state index in [2.05, 4.69) is 5.32 Å². The van der Waals surface area contributed by atoms with Crippen LogP contribution in [0.5, 0.6) is 0 Å². The molecule has 0 spiro atoms. The number of aliphatic carboxylic acids is 2. The quantitative estimate of drug-likeness (QED) is 0.228. The molecule has 0 aliphatic carbocycles. The van der Waals surface area contributed by atoms with Gasteiger partial charge in [0.25, 0.3) is 5.60 Å². The minimum Gasteiger partial charge on any atom is -1.00 e.